The summed E-state index contributed by atoms with van der Waals surface area (Å²) < 4.78 is 36.1. The number of sulfone groups is 1. The zero-order chi connectivity index (χ0) is 13.6. The van der Waals surface area contributed by atoms with Gasteiger partial charge in [-0.25, -0.2) is 12.8 Å². The average molecular weight is 300 g/mol. The molecule has 4 nitrogen and oxygen atoms in total. The van der Waals surface area contributed by atoms with Crippen molar-refractivity contribution in [2.24, 2.45) is 0 Å². The summed E-state index contributed by atoms with van der Waals surface area (Å²) >= 11 is 1.32. The molecule has 0 spiro atoms. The number of hydrogen-bond donors (Lipinski definition) is 1. The van der Waals surface area contributed by atoms with Crippen molar-refractivity contribution in [2.45, 2.75) is 17.8 Å². The summed E-state index contributed by atoms with van der Waals surface area (Å²) in [6.45, 7) is 0.461. The van der Waals surface area contributed by atoms with Crippen LogP contribution in [0.15, 0.2) is 24.3 Å². The second-order valence-electron chi connectivity index (χ2n) is 4.86. The number of rotatable bonds is 2. The summed E-state index contributed by atoms with van der Waals surface area (Å²) in [5.41, 5.74) is 0.886. The molecule has 19 heavy (non-hydrogen) atoms. The van der Waals surface area contributed by atoms with E-state index in [9.17, 15) is 12.8 Å². The lowest BCUT2D eigenvalue weighted by atomic mass is 10.1. The quantitative estimate of drug-likeness (QED) is 0.898. The maximum absolute atomic E-state index is 12.9. The molecule has 3 rings (SSSR count). The standard InChI is InChI=1S/C12H13FN2O2S2/c13-9-3-1-8(2-4-9)5-15-10-6-19(16,17)7-11(10)18-12(15)14/h1-4,10-11,14H,5-7H2/t10-,11+/m0/s1. The fourth-order valence-electron chi connectivity index (χ4n) is 2.54. The van der Waals surface area contributed by atoms with Crippen molar-refractivity contribution in [3.63, 3.8) is 0 Å². The predicted octanol–water partition coefficient (Wildman–Crippen LogP) is 1.47. The van der Waals surface area contributed by atoms with Crippen molar-refractivity contribution in [1.82, 2.24) is 4.90 Å². The first-order valence-corrected chi connectivity index (χ1v) is 8.61. The molecule has 1 aromatic carbocycles. The van der Waals surface area contributed by atoms with Gasteiger partial charge in [-0.1, -0.05) is 23.9 Å². The number of fused-ring (bicyclic) bond motifs is 1. The molecule has 7 heteroatoms. The maximum Gasteiger partial charge on any atom is 0.157 e. The van der Waals surface area contributed by atoms with E-state index in [-0.39, 0.29) is 28.6 Å². The van der Waals surface area contributed by atoms with E-state index < -0.39 is 9.84 Å². The van der Waals surface area contributed by atoms with Crippen LogP contribution >= 0.6 is 11.8 Å². The van der Waals surface area contributed by atoms with Crippen LogP contribution in [0.5, 0.6) is 0 Å². The second-order valence-corrected chi connectivity index (χ2v) is 8.24. The summed E-state index contributed by atoms with van der Waals surface area (Å²) in [5, 5.41) is 8.33. The highest BCUT2D eigenvalue weighted by Gasteiger charge is 2.47. The third-order valence-electron chi connectivity index (χ3n) is 3.46. The molecular weight excluding hydrogens is 287 g/mol. The molecule has 102 valence electrons. The van der Waals surface area contributed by atoms with Gasteiger partial charge in [-0.15, -0.1) is 0 Å². The topological polar surface area (TPSA) is 61.2 Å². The van der Waals surface area contributed by atoms with Gasteiger partial charge in [0.2, 0.25) is 0 Å². The van der Waals surface area contributed by atoms with Crippen molar-refractivity contribution in [2.75, 3.05) is 11.5 Å². The zero-order valence-electron chi connectivity index (χ0n) is 10.0. The average Bonchev–Trinajstić information content (AvgIpc) is 2.75. The molecule has 1 N–H and O–H groups in total. The Morgan fingerprint density at radius 3 is 2.68 bits per heavy atom. The minimum absolute atomic E-state index is 0.0297. The first kappa shape index (κ1) is 12.9. The largest absolute Gasteiger partial charge is 0.342 e. The summed E-state index contributed by atoms with van der Waals surface area (Å²) in [5.74, 6) is -0.0188. The Labute approximate surface area is 115 Å². The Bertz CT molecular complexity index is 615. The molecule has 2 atom stereocenters. The Hall–Kier alpha value is -1.08. The van der Waals surface area contributed by atoms with Crippen molar-refractivity contribution in [3.05, 3.63) is 35.6 Å². The van der Waals surface area contributed by atoms with Gasteiger partial charge >= 0.3 is 0 Å². The molecule has 1 aromatic rings. The molecular formula is C12H13FN2O2S2. The third kappa shape index (κ3) is 2.49. The maximum atomic E-state index is 12.9. The zero-order valence-corrected chi connectivity index (χ0v) is 11.7. The molecule has 0 unspecified atom stereocenters. The van der Waals surface area contributed by atoms with E-state index >= 15 is 0 Å². The Kier molecular flexibility index (Phi) is 3.05. The van der Waals surface area contributed by atoms with Crippen molar-refractivity contribution in [1.29, 1.82) is 5.41 Å². The van der Waals surface area contributed by atoms with E-state index in [1.807, 2.05) is 4.90 Å². The van der Waals surface area contributed by atoms with Crippen LogP contribution in [-0.4, -0.2) is 41.3 Å². The summed E-state index contributed by atoms with van der Waals surface area (Å²) in [7, 11) is -2.98. The number of nitrogens with one attached hydrogen (secondary N) is 1. The SMILES string of the molecule is N=C1S[C@@H]2CS(=O)(=O)C[C@@H]2N1Cc1ccc(F)cc1. The number of benzene rings is 1. The minimum Gasteiger partial charge on any atom is -0.342 e. The minimum atomic E-state index is -2.98. The van der Waals surface area contributed by atoms with Crippen LogP contribution in [0.2, 0.25) is 0 Å². The highest BCUT2D eigenvalue weighted by molar-refractivity contribution is 8.15. The van der Waals surface area contributed by atoms with Crippen LogP contribution in [0, 0.1) is 11.2 Å². The third-order valence-corrected chi connectivity index (χ3v) is 6.63. The van der Waals surface area contributed by atoms with Gasteiger partial charge in [0, 0.05) is 11.8 Å². The van der Waals surface area contributed by atoms with Gasteiger partial charge in [0.1, 0.15) is 5.82 Å². The van der Waals surface area contributed by atoms with Crippen LogP contribution in [0.3, 0.4) is 0 Å². The second kappa shape index (κ2) is 4.49. The smallest absolute Gasteiger partial charge is 0.157 e. The van der Waals surface area contributed by atoms with E-state index in [0.29, 0.717) is 11.7 Å². The molecule has 0 aromatic heterocycles. The van der Waals surface area contributed by atoms with E-state index in [2.05, 4.69) is 0 Å². The van der Waals surface area contributed by atoms with Gasteiger partial charge in [-0.05, 0) is 17.7 Å². The van der Waals surface area contributed by atoms with Crippen LogP contribution in [0.4, 0.5) is 4.39 Å². The van der Waals surface area contributed by atoms with E-state index in [0.717, 1.165) is 5.56 Å². The molecule has 2 aliphatic heterocycles. The summed E-state index contributed by atoms with van der Waals surface area (Å²) in [6.07, 6.45) is 0. The molecule has 0 radical (unpaired) electrons. The van der Waals surface area contributed by atoms with Crippen LogP contribution in [0.1, 0.15) is 5.56 Å². The lowest BCUT2D eigenvalue weighted by molar-refractivity contribution is 0.349. The Morgan fingerprint density at radius 1 is 1.32 bits per heavy atom. The molecule has 2 heterocycles. The molecule has 0 saturated carbocycles. The lowest BCUT2D eigenvalue weighted by Gasteiger charge is -2.23. The predicted molar refractivity (Wildman–Crippen MR) is 73.5 cm³/mol. The number of hydrogen-bond acceptors (Lipinski definition) is 4. The first-order chi connectivity index (χ1) is 8.94. The normalized spacial score (nSPS) is 28.7. The van der Waals surface area contributed by atoms with Crippen molar-refractivity contribution < 1.29 is 12.8 Å². The highest BCUT2D eigenvalue weighted by Crippen LogP contribution is 2.38. The van der Waals surface area contributed by atoms with Crippen molar-refractivity contribution in [3.8, 4) is 0 Å². The Morgan fingerprint density at radius 2 is 2.00 bits per heavy atom. The molecule has 2 fully saturated rings. The highest BCUT2D eigenvalue weighted by atomic mass is 32.2. The van der Waals surface area contributed by atoms with Gasteiger partial charge in [0.25, 0.3) is 0 Å². The Balaban J connectivity index is 1.80. The number of nitrogens with zero attached hydrogens (tertiary/aromatic N) is 1. The molecule has 2 aliphatic rings. The molecule has 2 saturated heterocycles. The molecule has 0 aliphatic carbocycles. The first-order valence-electron chi connectivity index (χ1n) is 5.91. The van der Waals surface area contributed by atoms with Gasteiger partial charge in [0.05, 0.1) is 17.5 Å². The van der Waals surface area contributed by atoms with Gasteiger partial charge in [0.15, 0.2) is 15.0 Å². The van der Waals surface area contributed by atoms with Crippen LogP contribution in [0.25, 0.3) is 0 Å². The van der Waals surface area contributed by atoms with Gasteiger partial charge in [-0.3, -0.25) is 5.41 Å². The fraction of sp³-hybridized carbons (Fsp3) is 0.417. The summed E-state index contributed by atoms with van der Waals surface area (Å²) in [4.78, 5) is 1.81. The number of amidine groups is 1. The van der Waals surface area contributed by atoms with E-state index in [4.69, 9.17) is 5.41 Å². The van der Waals surface area contributed by atoms with E-state index in [1.165, 1.54) is 23.9 Å². The molecule has 0 amide bonds. The number of thioether (sulfide) groups is 1. The van der Waals surface area contributed by atoms with Gasteiger partial charge in [-0.2, -0.15) is 0 Å². The van der Waals surface area contributed by atoms with Crippen LogP contribution in [-0.2, 0) is 16.4 Å². The molecule has 0 bridgehead atoms. The fourth-order valence-corrected chi connectivity index (χ4v) is 6.37. The van der Waals surface area contributed by atoms with Crippen molar-refractivity contribution >= 4 is 26.8 Å². The lowest BCUT2D eigenvalue weighted by Crippen LogP contribution is -2.36. The number of halogens is 1. The monoisotopic (exact) mass is 300 g/mol. The summed E-state index contributed by atoms with van der Waals surface area (Å²) in [6, 6.07) is 5.98. The van der Waals surface area contributed by atoms with Gasteiger partial charge < -0.3 is 4.90 Å². The van der Waals surface area contributed by atoms with Crippen LogP contribution < -0.4 is 0 Å². The van der Waals surface area contributed by atoms with E-state index in [1.54, 1.807) is 12.1 Å².